The normalized spacial score (nSPS) is 14.9. The first-order chi connectivity index (χ1) is 10.8. The van der Waals surface area contributed by atoms with E-state index in [0.717, 1.165) is 29.8 Å². The Balaban J connectivity index is 1.45. The Hall–Kier alpha value is -2.40. The minimum Gasteiger partial charge on any atom is -0.361 e. The summed E-state index contributed by atoms with van der Waals surface area (Å²) in [5, 5.41) is 4.88. The second kappa shape index (κ2) is 5.42. The second-order valence-electron chi connectivity index (χ2n) is 5.30. The first kappa shape index (κ1) is 13.3. The lowest BCUT2D eigenvalue weighted by Crippen LogP contribution is -2.55. The second-order valence-corrected chi connectivity index (χ2v) is 5.66. The number of pyridine rings is 1. The van der Waals surface area contributed by atoms with E-state index < -0.39 is 0 Å². The molecule has 1 aliphatic rings. The van der Waals surface area contributed by atoms with Gasteiger partial charge in [-0.25, -0.2) is 15.0 Å². The molecule has 0 atom stereocenters. The van der Waals surface area contributed by atoms with Gasteiger partial charge in [0, 0.05) is 30.9 Å². The zero-order valence-electron chi connectivity index (χ0n) is 11.8. The summed E-state index contributed by atoms with van der Waals surface area (Å²) < 4.78 is 0. The number of aromatic nitrogens is 3. The molecule has 0 unspecified atom stereocenters. The summed E-state index contributed by atoms with van der Waals surface area (Å²) in [6.45, 7) is 1.75. The zero-order chi connectivity index (χ0) is 14.9. The third-order valence-electron chi connectivity index (χ3n) is 3.78. The molecule has 3 aromatic rings. The number of hydrogen-bond acceptors (Lipinski definition) is 5. The summed E-state index contributed by atoms with van der Waals surface area (Å²) in [5.74, 6) is 1.64. The van der Waals surface area contributed by atoms with Crippen molar-refractivity contribution < 1.29 is 0 Å². The predicted molar refractivity (Wildman–Crippen MR) is 88.4 cm³/mol. The molecule has 0 aliphatic carbocycles. The van der Waals surface area contributed by atoms with E-state index in [1.165, 1.54) is 0 Å². The van der Waals surface area contributed by atoms with Crippen LogP contribution in [0.4, 0.5) is 11.6 Å². The van der Waals surface area contributed by atoms with Crippen molar-refractivity contribution in [1.29, 1.82) is 0 Å². The fourth-order valence-corrected chi connectivity index (χ4v) is 2.76. The van der Waals surface area contributed by atoms with Crippen LogP contribution in [0.1, 0.15) is 0 Å². The quantitative estimate of drug-likeness (QED) is 0.806. The number of benzene rings is 1. The number of nitrogens with zero attached hydrogens (tertiary/aromatic N) is 4. The van der Waals surface area contributed by atoms with Gasteiger partial charge in [0.05, 0.1) is 11.6 Å². The van der Waals surface area contributed by atoms with E-state index in [1.54, 1.807) is 12.4 Å². The predicted octanol–water partition coefficient (Wildman–Crippen LogP) is 2.98. The van der Waals surface area contributed by atoms with Gasteiger partial charge in [-0.15, -0.1) is 0 Å². The van der Waals surface area contributed by atoms with E-state index in [2.05, 4.69) is 38.4 Å². The molecule has 1 aromatic carbocycles. The molecule has 0 bridgehead atoms. The highest BCUT2D eigenvalue weighted by atomic mass is 35.5. The van der Waals surface area contributed by atoms with Crippen molar-refractivity contribution in [1.82, 2.24) is 15.0 Å². The van der Waals surface area contributed by atoms with Crippen LogP contribution in [0, 0.1) is 0 Å². The molecule has 0 radical (unpaired) electrons. The summed E-state index contributed by atoms with van der Waals surface area (Å²) in [5.41, 5.74) is 1.02. The van der Waals surface area contributed by atoms with Crippen molar-refractivity contribution in [2.75, 3.05) is 23.3 Å². The third kappa shape index (κ3) is 2.44. The van der Waals surface area contributed by atoms with Crippen molar-refractivity contribution >= 4 is 34.1 Å². The average molecular weight is 312 g/mol. The third-order valence-corrected chi connectivity index (χ3v) is 4.06. The van der Waals surface area contributed by atoms with Crippen LogP contribution < -0.4 is 10.2 Å². The van der Waals surface area contributed by atoms with Crippen LogP contribution in [0.3, 0.4) is 0 Å². The van der Waals surface area contributed by atoms with Crippen LogP contribution in [0.2, 0.25) is 5.15 Å². The summed E-state index contributed by atoms with van der Waals surface area (Å²) >= 11 is 6.01. The van der Waals surface area contributed by atoms with E-state index in [4.69, 9.17) is 16.6 Å². The van der Waals surface area contributed by atoms with Gasteiger partial charge in [-0.3, -0.25) is 0 Å². The standard InChI is InChI=1S/C16H14ClN5/c17-15-16(19-8-7-18-15)20-12-9-22(10-12)14-6-5-11-3-1-2-4-13(11)21-14/h1-8,12H,9-10H2,(H,19,20). The minimum absolute atomic E-state index is 0.308. The highest BCUT2D eigenvalue weighted by Crippen LogP contribution is 2.24. The molecule has 110 valence electrons. The molecule has 0 amide bonds. The van der Waals surface area contributed by atoms with E-state index >= 15 is 0 Å². The largest absolute Gasteiger partial charge is 0.361 e. The number of halogens is 1. The van der Waals surface area contributed by atoms with Gasteiger partial charge in [0.1, 0.15) is 5.82 Å². The Morgan fingerprint density at radius 1 is 1.05 bits per heavy atom. The van der Waals surface area contributed by atoms with Gasteiger partial charge >= 0.3 is 0 Å². The Labute approximate surface area is 133 Å². The lowest BCUT2D eigenvalue weighted by atomic mass is 10.1. The van der Waals surface area contributed by atoms with Gasteiger partial charge in [0.2, 0.25) is 0 Å². The lowest BCUT2D eigenvalue weighted by molar-refractivity contribution is 0.544. The van der Waals surface area contributed by atoms with E-state index in [9.17, 15) is 0 Å². The van der Waals surface area contributed by atoms with Crippen LogP contribution in [-0.2, 0) is 0 Å². The maximum Gasteiger partial charge on any atom is 0.171 e. The number of anilines is 2. The van der Waals surface area contributed by atoms with Gasteiger partial charge in [-0.05, 0) is 18.2 Å². The van der Waals surface area contributed by atoms with Crippen LogP contribution in [-0.4, -0.2) is 34.1 Å². The maximum atomic E-state index is 6.01. The van der Waals surface area contributed by atoms with Gasteiger partial charge in [0.25, 0.3) is 0 Å². The fraction of sp³-hybridized carbons (Fsp3) is 0.188. The van der Waals surface area contributed by atoms with Crippen LogP contribution in [0.25, 0.3) is 10.9 Å². The van der Waals surface area contributed by atoms with E-state index in [-0.39, 0.29) is 0 Å². The molecule has 2 aromatic heterocycles. The molecule has 4 rings (SSSR count). The SMILES string of the molecule is Clc1nccnc1NC1CN(c2ccc3ccccc3n2)C1. The molecular formula is C16H14ClN5. The lowest BCUT2D eigenvalue weighted by Gasteiger charge is -2.40. The van der Waals surface area contributed by atoms with Crippen molar-refractivity contribution in [2.45, 2.75) is 6.04 Å². The molecule has 1 aliphatic heterocycles. The molecular weight excluding hydrogens is 298 g/mol. The fourth-order valence-electron chi connectivity index (χ4n) is 2.60. The number of fused-ring (bicyclic) bond motifs is 1. The number of nitrogens with one attached hydrogen (secondary N) is 1. The number of para-hydroxylation sites is 1. The van der Waals surface area contributed by atoms with Crippen LogP contribution in [0.15, 0.2) is 48.8 Å². The smallest absolute Gasteiger partial charge is 0.171 e. The van der Waals surface area contributed by atoms with Crippen LogP contribution in [0.5, 0.6) is 0 Å². The van der Waals surface area contributed by atoms with Gasteiger partial charge < -0.3 is 10.2 Å². The van der Waals surface area contributed by atoms with E-state index in [1.807, 2.05) is 18.2 Å². The highest BCUT2D eigenvalue weighted by Gasteiger charge is 2.28. The Kier molecular flexibility index (Phi) is 3.27. The summed E-state index contributed by atoms with van der Waals surface area (Å²) in [6, 6.07) is 12.6. The van der Waals surface area contributed by atoms with Gasteiger partial charge in [-0.2, -0.15) is 0 Å². The first-order valence-electron chi connectivity index (χ1n) is 7.13. The minimum atomic E-state index is 0.308. The Morgan fingerprint density at radius 3 is 2.73 bits per heavy atom. The molecule has 1 N–H and O–H groups in total. The van der Waals surface area contributed by atoms with Crippen molar-refractivity contribution in [3.8, 4) is 0 Å². The molecule has 1 fully saturated rings. The summed E-state index contributed by atoms with van der Waals surface area (Å²) in [4.78, 5) is 15.1. The number of rotatable bonds is 3. The van der Waals surface area contributed by atoms with Gasteiger partial charge in [0.15, 0.2) is 11.0 Å². The highest BCUT2D eigenvalue weighted by molar-refractivity contribution is 6.31. The average Bonchev–Trinajstić information content (AvgIpc) is 2.51. The Morgan fingerprint density at radius 2 is 1.86 bits per heavy atom. The van der Waals surface area contributed by atoms with Crippen molar-refractivity contribution in [3.05, 3.63) is 53.9 Å². The topological polar surface area (TPSA) is 53.9 Å². The molecule has 3 heterocycles. The van der Waals surface area contributed by atoms with Crippen molar-refractivity contribution in [3.63, 3.8) is 0 Å². The van der Waals surface area contributed by atoms with Crippen LogP contribution >= 0.6 is 11.6 Å². The first-order valence-corrected chi connectivity index (χ1v) is 7.51. The number of hydrogen-bond donors (Lipinski definition) is 1. The van der Waals surface area contributed by atoms with Gasteiger partial charge in [-0.1, -0.05) is 29.8 Å². The molecule has 0 spiro atoms. The summed E-state index contributed by atoms with van der Waals surface area (Å²) in [7, 11) is 0. The maximum absolute atomic E-state index is 6.01. The monoisotopic (exact) mass is 311 g/mol. The van der Waals surface area contributed by atoms with E-state index in [0.29, 0.717) is 17.0 Å². The molecule has 1 saturated heterocycles. The Bertz CT molecular complexity index is 816. The van der Waals surface area contributed by atoms with Crippen molar-refractivity contribution in [2.24, 2.45) is 0 Å². The zero-order valence-corrected chi connectivity index (χ0v) is 12.5. The molecule has 0 saturated carbocycles. The molecule has 6 heteroatoms. The molecule has 5 nitrogen and oxygen atoms in total. The summed E-state index contributed by atoms with van der Waals surface area (Å²) in [6.07, 6.45) is 3.22. The molecule has 22 heavy (non-hydrogen) atoms.